The summed E-state index contributed by atoms with van der Waals surface area (Å²) in [5.74, 6) is -1.03. The molecule has 2 bridgehead atoms. The Morgan fingerprint density at radius 1 is 1.07 bits per heavy atom. The van der Waals surface area contributed by atoms with E-state index in [4.69, 9.17) is 9.47 Å². The molecule has 0 aromatic heterocycles. The van der Waals surface area contributed by atoms with Crippen molar-refractivity contribution in [2.75, 3.05) is 13.7 Å². The molecule has 2 aliphatic carbocycles. The molecule has 1 heterocycles. The normalized spacial score (nSPS) is 29.0. The number of ketones is 1. The van der Waals surface area contributed by atoms with Gasteiger partial charge in [-0.15, -0.1) is 0 Å². The standard InChI is InChI=1S/C21H23NO6/c1-11(21(26)28-10-16(23)12-5-7-15(27-2)8-6-12)22-19(24)17-13-3-4-14(9-13)18(17)20(22)25/h5-8,11,13-14,17-18H,3-4,9-10H2,1-2H3/t11-,13-,14+,17+,18-/m1/s1. The fourth-order valence-electron chi connectivity index (χ4n) is 5.04. The van der Waals surface area contributed by atoms with E-state index in [0.717, 1.165) is 24.2 Å². The van der Waals surface area contributed by atoms with Crippen LogP contribution in [0.5, 0.6) is 5.75 Å². The molecule has 148 valence electrons. The number of rotatable bonds is 6. The molecule has 5 atom stereocenters. The molecule has 28 heavy (non-hydrogen) atoms. The van der Waals surface area contributed by atoms with Crippen molar-refractivity contribution < 1.29 is 28.7 Å². The SMILES string of the molecule is COc1ccc(C(=O)COC(=O)[C@@H](C)N2C(=O)[C@@H]3[C@H]4CC[C@H](C4)[C@@H]3C2=O)cc1. The number of carbonyl (C=O) groups is 4. The molecule has 0 unspecified atom stereocenters. The quantitative estimate of drug-likeness (QED) is 0.422. The number of likely N-dealkylation sites (tertiary alicyclic amines) is 1. The average molecular weight is 385 g/mol. The molecule has 7 heteroatoms. The van der Waals surface area contributed by atoms with Gasteiger partial charge in [-0.25, -0.2) is 4.79 Å². The van der Waals surface area contributed by atoms with Gasteiger partial charge in [0.15, 0.2) is 12.4 Å². The van der Waals surface area contributed by atoms with Crippen LogP contribution in [0.3, 0.4) is 0 Å². The third kappa shape index (κ3) is 2.89. The Balaban J connectivity index is 1.37. The van der Waals surface area contributed by atoms with E-state index in [1.165, 1.54) is 14.0 Å². The Hall–Kier alpha value is -2.70. The molecule has 2 amide bonds. The van der Waals surface area contributed by atoms with Gasteiger partial charge in [0.2, 0.25) is 11.8 Å². The van der Waals surface area contributed by atoms with Gasteiger partial charge in [0.25, 0.3) is 0 Å². The molecule has 1 aliphatic heterocycles. The summed E-state index contributed by atoms with van der Waals surface area (Å²) in [6, 6.07) is 5.44. The van der Waals surface area contributed by atoms with Crippen LogP contribution in [0.25, 0.3) is 0 Å². The number of carbonyl (C=O) groups excluding carboxylic acids is 4. The second-order valence-corrected chi connectivity index (χ2v) is 7.87. The monoisotopic (exact) mass is 385 g/mol. The van der Waals surface area contributed by atoms with E-state index in [9.17, 15) is 19.2 Å². The van der Waals surface area contributed by atoms with Crippen molar-refractivity contribution in [3.8, 4) is 5.75 Å². The molecule has 1 aromatic rings. The topological polar surface area (TPSA) is 90.0 Å². The molecule has 3 aliphatic rings. The van der Waals surface area contributed by atoms with Gasteiger partial charge in [0.1, 0.15) is 11.8 Å². The summed E-state index contributed by atoms with van der Waals surface area (Å²) in [5, 5.41) is 0. The first-order valence-electron chi connectivity index (χ1n) is 9.63. The van der Waals surface area contributed by atoms with Crippen molar-refractivity contribution in [2.45, 2.75) is 32.2 Å². The predicted octanol–water partition coefficient (Wildman–Crippen LogP) is 1.84. The maximum absolute atomic E-state index is 12.8. The summed E-state index contributed by atoms with van der Waals surface area (Å²) in [4.78, 5) is 51.2. The van der Waals surface area contributed by atoms with Crippen LogP contribution in [0.2, 0.25) is 0 Å². The van der Waals surface area contributed by atoms with Gasteiger partial charge in [-0.05, 0) is 62.3 Å². The minimum absolute atomic E-state index is 0.256. The molecule has 4 rings (SSSR count). The lowest BCUT2D eigenvalue weighted by Gasteiger charge is -2.22. The summed E-state index contributed by atoms with van der Waals surface area (Å²) < 4.78 is 10.2. The highest BCUT2D eigenvalue weighted by atomic mass is 16.5. The number of amides is 2. The number of imide groups is 1. The summed E-state index contributed by atoms with van der Waals surface area (Å²) in [6.45, 7) is 1.04. The van der Waals surface area contributed by atoms with Gasteiger partial charge >= 0.3 is 5.97 Å². The van der Waals surface area contributed by atoms with Crippen LogP contribution in [0, 0.1) is 23.7 Å². The van der Waals surface area contributed by atoms with E-state index in [1.807, 2.05) is 0 Å². The second-order valence-electron chi connectivity index (χ2n) is 7.87. The molecule has 1 aromatic carbocycles. The Labute approximate surface area is 163 Å². The van der Waals surface area contributed by atoms with Crippen molar-refractivity contribution in [3.63, 3.8) is 0 Å². The van der Waals surface area contributed by atoms with Gasteiger partial charge in [-0.2, -0.15) is 0 Å². The molecule has 0 radical (unpaired) electrons. The number of hydrogen-bond donors (Lipinski definition) is 0. The van der Waals surface area contributed by atoms with Crippen molar-refractivity contribution in [1.82, 2.24) is 4.90 Å². The fraction of sp³-hybridized carbons (Fsp3) is 0.524. The van der Waals surface area contributed by atoms with Crippen LogP contribution in [0.4, 0.5) is 0 Å². The first-order valence-corrected chi connectivity index (χ1v) is 9.63. The summed E-state index contributed by atoms with van der Waals surface area (Å²) in [6.07, 6.45) is 2.90. The lowest BCUT2D eigenvalue weighted by molar-refractivity contribution is -0.157. The van der Waals surface area contributed by atoms with Crippen LogP contribution in [-0.4, -0.2) is 48.2 Å². The number of methoxy groups -OCH3 is 1. The number of benzene rings is 1. The maximum atomic E-state index is 12.8. The summed E-state index contributed by atoms with van der Waals surface area (Å²) >= 11 is 0. The molecule has 0 spiro atoms. The molecule has 3 fully saturated rings. The number of esters is 1. The van der Waals surface area contributed by atoms with Gasteiger partial charge in [-0.3, -0.25) is 19.3 Å². The average Bonchev–Trinajstić information content (AvgIpc) is 3.39. The zero-order valence-corrected chi connectivity index (χ0v) is 15.9. The lowest BCUT2D eigenvalue weighted by atomic mass is 9.81. The molecular formula is C21H23NO6. The molecular weight excluding hydrogens is 362 g/mol. The van der Waals surface area contributed by atoms with Crippen molar-refractivity contribution in [3.05, 3.63) is 29.8 Å². The third-order valence-electron chi connectivity index (χ3n) is 6.45. The molecule has 0 N–H and O–H groups in total. The summed E-state index contributed by atoms with van der Waals surface area (Å²) in [7, 11) is 1.53. The highest BCUT2D eigenvalue weighted by molar-refractivity contribution is 6.08. The Kier molecular flexibility index (Phi) is 4.69. The highest BCUT2D eigenvalue weighted by Gasteiger charge is 2.62. The predicted molar refractivity (Wildman–Crippen MR) is 97.4 cm³/mol. The van der Waals surface area contributed by atoms with E-state index in [-0.39, 0.29) is 41.3 Å². The molecule has 2 saturated carbocycles. The van der Waals surface area contributed by atoms with E-state index in [1.54, 1.807) is 24.3 Å². The largest absolute Gasteiger partial charge is 0.497 e. The zero-order chi connectivity index (χ0) is 20.0. The Bertz CT molecular complexity index is 804. The van der Waals surface area contributed by atoms with Gasteiger partial charge in [0, 0.05) is 5.56 Å². The van der Waals surface area contributed by atoms with Crippen molar-refractivity contribution in [1.29, 1.82) is 0 Å². The first kappa shape index (κ1) is 18.7. The maximum Gasteiger partial charge on any atom is 0.329 e. The molecule has 1 saturated heterocycles. The van der Waals surface area contributed by atoms with E-state index < -0.39 is 18.6 Å². The van der Waals surface area contributed by atoms with Gasteiger partial charge in [-0.1, -0.05) is 0 Å². The Morgan fingerprint density at radius 3 is 2.18 bits per heavy atom. The van der Waals surface area contributed by atoms with E-state index in [2.05, 4.69) is 0 Å². The number of hydrogen-bond acceptors (Lipinski definition) is 6. The van der Waals surface area contributed by atoms with Crippen LogP contribution < -0.4 is 4.74 Å². The lowest BCUT2D eigenvalue weighted by Crippen LogP contribution is -2.45. The van der Waals surface area contributed by atoms with Crippen molar-refractivity contribution in [2.24, 2.45) is 23.7 Å². The van der Waals surface area contributed by atoms with Gasteiger partial charge < -0.3 is 9.47 Å². The summed E-state index contributed by atoms with van der Waals surface area (Å²) in [5.41, 5.74) is 0.390. The van der Waals surface area contributed by atoms with E-state index >= 15 is 0 Å². The van der Waals surface area contributed by atoms with Crippen molar-refractivity contribution >= 4 is 23.6 Å². The van der Waals surface area contributed by atoms with Crippen LogP contribution in [0.1, 0.15) is 36.5 Å². The minimum Gasteiger partial charge on any atom is -0.497 e. The van der Waals surface area contributed by atoms with Crippen LogP contribution in [-0.2, 0) is 19.1 Å². The first-order chi connectivity index (χ1) is 13.4. The van der Waals surface area contributed by atoms with E-state index in [0.29, 0.717) is 11.3 Å². The minimum atomic E-state index is -1.02. The van der Waals surface area contributed by atoms with Gasteiger partial charge in [0.05, 0.1) is 18.9 Å². The third-order valence-corrected chi connectivity index (χ3v) is 6.45. The fourth-order valence-corrected chi connectivity index (χ4v) is 5.04. The smallest absolute Gasteiger partial charge is 0.329 e. The zero-order valence-electron chi connectivity index (χ0n) is 15.9. The highest BCUT2D eigenvalue weighted by Crippen LogP contribution is 2.56. The molecule has 7 nitrogen and oxygen atoms in total. The van der Waals surface area contributed by atoms with Crippen LogP contribution >= 0.6 is 0 Å². The number of ether oxygens (including phenoxy) is 2. The number of nitrogens with zero attached hydrogens (tertiary/aromatic N) is 1. The Morgan fingerprint density at radius 2 is 1.64 bits per heavy atom. The second kappa shape index (κ2) is 7.04. The van der Waals surface area contributed by atoms with Crippen LogP contribution in [0.15, 0.2) is 24.3 Å². The number of Topliss-reactive ketones (excluding diaryl/α,β-unsaturated/α-hetero) is 1. The number of fused-ring (bicyclic) bond motifs is 5.